The summed E-state index contributed by atoms with van der Waals surface area (Å²) < 4.78 is 6.47. The minimum atomic E-state index is 0.310. The van der Waals surface area contributed by atoms with Crippen molar-refractivity contribution < 1.29 is 9.52 Å². The highest BCUT2D eigenvalue weighted by molar-refractivity contribution is 5.79. The molecule has 0 radical (unpaired) electrons. The Kier molecular flexibility index (Phi) is 5.40. The molecule has 0 bridgehead atoms. The number of nitrogens with zero attached hydrogens (tertiary/aromatic N) is 1. The van der Waals surface area contributed by atoms with E-state index in [1.165, 1.54) is 17.6 Å². The van der Waals surface area contributed by atoms with Crippen molar-refractivity contribution in [2.45, 2.75) is 32.1 Å². The van der Waals surface area contributed by atoms with Gasteiger partial charge in [0.15, 0.2) is 5.76 Å². The van der Waals surface area contributed by atoms with Crippen molar-refractivity contribution in [3.05, 3.63) is 102 Å². The van der Waals surface area contributed by atoms with E-state index in [2.05, 4.69) is 30.3 Å². The molecule has 0 spiro atoms. The third kappa shape index (κ3) is 4.17. The first-order valence-corrected chi connectivity index (χ1v) is 10.9. The maximum absolute atomic E-state index is 9.87. The quantitative estimate of drug-likeness (QED) is 0.378. The van der Waals surface area contributed by atoms with Gasteiger partial charge in [-0.2, -0.15) is 0 Å². The van der Waals surface area contributed by atoms with Gasteiger partial charge in [0, 0.05) is 16.7 Å². The molecule has 0 saturated heterocycles. The first-order chi connectivity index (χ1) is 15.3. The fourth-order valence-electron chi connectivity index (χ4n) is 4.36. The molecule has 1 aromatic heterocycles. The number of hydrogen-bond donors (Lipinski definition) is 1. The van der Waals surface area contributed by atoms with E-state index in [0.29, 0.717) is 5.75 Å². The van der Waals surface area contributed by atoms with Crippen LogP contribution in [0.15, 0.2) is 94.9 Å². The first-order valence-electron chi connectivity index (χ1n) is 10.9. The van der Waals surface area contributed by atoms with Crippen LogP contribution in [-0.2, 0) is 6.42 Å². The zero-order chi connectivity index (χ0) is 21.0. The highest BCUT2D eigenvalue weighted by Gasteiger charge is 2.23. The first kappa shape index (κ1) is 19.4. The number of allylic oxidation sites excluding steroid dienone is 2. The predicted molar refractivity (Wildman–Crippen MR) is 125 cm³/mol. The largest absolute Gasteiger partial charge is 0.508 e. The monoisotopic (exact) mass is 407 g/mol. The summed E-state index contributed by atoms with van der Waals surface area (Å²) in [5.74, 6) is 1.86. The third-order valence-electron chi connectivity index (χ3n) is 5.88. The molecule has 1 aliphatic carbocycles. The molecule has 3 aromatic carbocycles. The van der Waals surface area contributed by atoms with Crippen molar-refractivity contribution in [1.82, 2.24) is 4.98 Å². The molecule has 1 heterocycles. The number of aromatic hydroxyl groups is 1. The van der Waals surface area contributed by atoms with Crippen LogP contribution in [0.4, 0.5) is 0 Å². The normalized spacial score (nSPS) is 14.1. The zero-order valence-electron chi connectivity index (χ0n) is 17.4. The van der Waals surface area contributed by atoms with Crippen molar-refractivity contribution in [3.63, 3.8) is 0 Å². The Balaban J connectivity index is 1.61. The van der Waals surface area contributed by atoms with Gasteiger partial charge in [-0.05, 0) is 49.8 Å². The molecule has 154 valence electrons. The van der Waals surface area contributed by atoms with Crippen LogP contribution < -0.4 is 0 Å². The topological polar surface area (TPSA) is 46.3 Å². The number of oxazole rings is 1. The number of phenols is 1. The van der Waals surface area contributed by atoms with E-state index in [0.717, 1.165) is 59.7 Å². The van der Waals surface area contributed by atoms with Crippen molar-refractivity contribution in [3.8, 4) is 28.3 Å². The summed E-state index contributed by atoms with van der Waals surface area (Å²) in [7, 11) is 0. The highest BCUT2D eigenvalue weighted by atomic mass is 16.4. The standard InChI is InChI=1S/C28H25NO2/c30-24-16-9-10-20(19-24)18-23-15-7-8-17-25(23)28-29-26(21-11-3-1-4-12-21)27(31-28)22-13-5-2-6-14-22/h1-6,9-14,16,19,30H,7-8,15,17-18H2. The third-order valence-corrected chi connectivity index (χ3v) is 5.88. The average molecular weight is 408 g/mol. The fraction of sp³-hybridized carbons (Fsp3) is 0.179. The minimum absolute atomic E-state index is 0.310. The maximum Gasteiger partial charge on any atom is 0.223 e. The Morgan fingerprint density at radius 2 is 1.48 bits per heavy atom. The number of phenolic OH excluding ortho intramolecular Hbond substituents is 1. The van der Waals surface area contributed by atoms with Crippen LogP contribution in [0, 0.1) is 0 Å². The van der Waals surface area contributed by atoms with Crippen molar-refractivity contribution in [2.75, 3.05) is 0 Å². The molecule has 0 amide bonds. The summed E-state index contributed by atoms with van der Waals surface area (Å²) in [5.41, 5.74) is 6.67. The average Bonchev–Trinajstić information content (AvgIpc) is 3.26. The van der Waals surface area contributed by atoms with Gasteiger partial charge in [0.1, 0.15) is 11.4 Å². The van der Waals surface area contributed by atoms with Crippen LogP contribution in [0.2, 0.25) is 0 Å². The van der Waals surface area contributed by atoms with Gasteiger partial charge >= 0.3 is 0 Å². The van der Waals surface area contributed by atoms with E-state index in [4.69, 9.17) is 9.40 Å². The number of benzene rings is 3. The highest BCUT2D eigenvalue weighted by Crippen LogP contribution is 2.39. The second-order valence-electron chi connectivity index (χ2n) is 8.06. The molecule has 0 unspecified atom stereocenters. The molecule has 1 aliphatic rings. The lowest BCUT2D eigenvalue weighted by atomic mass is 9.88. The van der Waals surface area contributed by atoms with E-state index in [1.807, 2.05) is 48.5 Å². The summed E-state index contributed by atoms with van der Waals surface area (Å²) >= 11 is 0. The van der Waals surface area contributed by atoms with E-state index >= 15 is 0 Å². The maximum atomic E-state index is 9.87. The second kappa shape index (κ2) is 8.65. The van der Waals surface area contributed by atoms with Gasteiger partial charge in [0.25, 0.3) is 0 Å². The van der Waals surface area contributed by atoms with Crippen LogP contribution >= 0.6 is 0 Å². The predicted octanol–water partition coefficient (Wildman–Crippen LogP) is 7.28. The van der Waals surface area contributed by atoms with Crippen molar-refractivity contribution in [2.24, 2.45) is 0 Å². The molecule has 4 aromatic rings. The lowest BCUT2D eigenvalue weighted by Gasteiger charge is -2.18. The molecule has 1 N–H and O–H groups in total. The zero-order valence-corrected chi connectivity index (χ0v) is 17.4. The van der Waals surface area contributed by atoms with Gasteiger partial charge in [-0.15, -0.1) is 0 Å². The molecular formula is C28H25NO2. The number of hydrogen-bond acceptors (Lipinski definition) is 3. The summed E-state index contributed by atoms with van der Waals surface area (Å²) in [4.78, 5) is 5.02. The number of aromatic nitrogens is 1. The minimum Gasteiger partial charge on any atom is -0.508 e. The molecule has 31 heavy (non-hydrogen) atoms. The van der Waals surface area contributed by atoms with E-state index in [1.54, 1.807) is 6.07 Å². The van der Waals surface area contributed by atoms with Gasteiger partial charge < -0.3 is 9.52 Å². The summed E-state index contributed by atoms with van der Waals surface area (Å²) in [6.07, 6.45) is 5.14. The number of rotatable bonds is 5. The van der Waals surface area contributed by atoms with E-state index in [9.17, 15) is 5.11 Å². The smallest absolute Gasteiger partial charge is 0.223 e. The molecule has 5 rings (SSSR count). The molecule has 0 atom stereocenters. The van der Waals surface area contributed by atoms with Gasteiger partial charge in [0.05, 0.1) is 0 Å². The van der Waals surface area contributed by atoms with Crippen LogP contribution in [-0.4, -0.2) is 10.1 Å². The lowest BCUT2D eigenvalue weighted by molar-refractivity contribution is 0.474. The Labute approximate surface area is 182 Å². The van der Waals surface area contributed by atoms with Gasteiger partial charge in [0.2, 0.25) is 5.89 Å². The van der Waals surface area contributed by atoms with Crippen LogP contribution in [0.1, 0.15) is 37.1 Å². The molecular weight excluding hydrogens is 382 g/mol. The van der Waals surface area contributed by atoms with Gasteiger partial charge in [-0.3, -0.25) is 0 Å². The van der Waals surface area contributed by atoms with E-state index in [-0.39, 0.29) is 0 Å². The Morgan fingerprint density at radius 1 is 0.774 bits per heavy atom. The summed E-state index contributed by atoms with van der Waals surface area (Å²) in [5, 5.41) is 9.87. The molecule has 3 heteroatoms. The summed E-state index contributed by atoms with van der Waals surface area (Å²) in [6.45, 7) is 0. The fourth-order valence-corrected chi connectivity index (χ4v) is 4.36. The summed E-state index contributed by atoms with van der Waals surface area (Å²) in [6, 6.07) is 28.0. The van der Waals surface area contributed by atoms with Crippen molar-refractivity contribution >= 4 is 5.57 Å². The Morgan fingerprint density at radius 3 is 2.23 bits per heavy atom. The molecule has 0 aliphatic heterocycles. The van der Waals surface area contributed by atoms with Gasteiger partial charge in [-0.1, -0.05) is 78.4 Å². The van der Waals surface area contributed by atoms with E-state index < -0.39 is 0 Å². The van der Waals surface area contributed by atoms with Crippen LogP contribution in [0.5, 0.6) is 5.75 Å². The second-order valence-corrected chi connectivity index (χ2v) is 8.06. The SMILES string of the molecule is Oc1cccc(CC2=C(c3nc(-c4ccccc4)c(-c4ccccc4)o3)CCCC2)c1. The van der Waals surface area contributed by atoms with Crippen LogP contribution in [0.25, 0.3) is 28.2 Å². The lowest BCUT2D eigenvalue weighted by Crippen LogP contribution is -2.03. The molecule has 3 nitrogen and oxygen atoms in total. The Hall–Kier alpha value is -3.59. The molecule has 0 fully saturated rings. The Bertz CT molecular complexity index is 1150. The van der Waals surface area contributed by atoms with Crippen LogP contribution in [0.3, 0.4) is 0 Å². The van der Waals surface area contributed by atoms with Crippen molar-refractivity contribution in [1.29, 1.82) is 0 Å². The van der Waals surface area contributed by atoms with Gasteiger partial charge in [-0.25, -0.2) is 4.98 Å². The molecule has 0 saturated carbocycles.